The molecular formula is C25H18F3N7O2. The number of anilines is 2. The lowest BCUT2D eigenvalue weighted by Crippen LogP contribution is -2.20. The van der Waals surface area contributed by atoms with Gasteiger partial charge in [0.25, 0.3) is 0 Å². The van der Waals surface area contributed by atoms with E-state index in [2.05, 4.69) is 25.4 Å². The number of para-hydroxylation sites is 1. The van der Waals surface area contributed by atoms with Crippen LogP contribution in [0.25, 0.3) is 22.3 Å². The molecule has 9 nitrogen and oxygen atoms in total. The number of rotatable bonds is 6. The lowest BCUT2D eigenvalue weighted by atomic mass is 10.1. The highest BCUT2D eigenvalue weighted by Crippen LogP contribution is 2.32. The van der Waals surface area contributed by atoms with E-state index in [4.69, 9.17) is 10.5 Å². The Bertz CT molecular complexity index is 1570. The van der Waals surface area contributed by atoms with Gasteiger partial charge in [-0.15, -0.1) is 0 Å². The minimum Gasteiger partial charge on any atom is -0.439 e. The normalized spacial score (nSPS) is 11.4. The quantitative estimate of drug-likeness (QED) is 0.336. The summed E-state index contributed by atoms with van der Waals surface area (Å²) in [6.07, 6.45) is -1.75. The summed E-state index contributed by atoms with van der Waals surface area (Å²) in [4.78, 5) is 25.2. The van der Waals surface area contributed by atoms with Crippen LogP contribution < -0.4 is 15.8 Å². The number of nitrogen functional groups attached to an aromatic ring is 1. The lowest BCUT2D eigenvalue weighted by Gasteiger charge is -2.10. The maximum atomic E-state index is 13.0. The number of nitrogens with one attached hydrogen (secondary N) is 1. The Morgan fingerprint density at radius 2 is 1.81 bits per heavy atom. The van der Waals surface area contributed by atoms with Crippen molar-refractivity contribution in [3.05, 3.63) is 84.8 Å². The number of carbonyl (C=O) groups excluding carboxylic acids is 1. The zero-order chi connectivity index (χ0) is 26.0. The average molecular weight is 505 g/mol. The number of amides is 1. The molecule has 3 heterocycles. The van der Waals surface area contributed by atoms with Crippen molar-refractivity contribution in [3.8, 4) is 22.9 Å². The van der Waals surface area contributed by atoms with E-state index in [1.165, 1.54) is 23.1 Å². The molecule has 0 unspecified atom stereocenters. The number of halogens is 3. The summed E-state index contributed by atoms with van der Waals surface area (Å²) in [5.74, 6) is 0.539. The van der Waals surface area contributed by atoms with Crippen LogP contribution in [0.4, 0.5) is 24.7 Å². The SMILES string of the molecule is Nc1ncnc2c1c(-c1ccc(Oc3ccccc3)nc1)nn2CC(=O)Nc1cccc(C(F)(F)F)c1. The third kappa shape index (κ3) is 5.17. The van der Waals surface area contributed by atoms with E-state index in [1.807, 2.05) is 18.2 Å². The van der Waals surface area contributed by atoms with Crippen LogP contribution >= 0.6 is 0 Å². The standard InChI is InChI=1S/C25H18F3N7O2/c26-25(27,28)16-5-4-6-17(11-16)33-19(36)13-35-24-21(23(29)31-14-32-24)22(34-35)15-9-10-20(30-12-15)37-18-7-2-1-3-8-18/h1-12,14H,13H2,(H,33,36)(H2,29,31,32). The van der Waals surface area contributed by atoms with Crippen LogP contribution in [0.2, 0.25) is 0 Å². The summed E-state index contributed by atoms with van der Waals surface area (Å²) in [7, 11) is 0. The Morgan fingerprint density at radius 3 is 2.54 bits per heavy atom. The van der Waals surface area contributed by atoms with E-state index >= 15 is 0 Å². The van der Waals surface area contributed by atoms with Crippen molar-refractivity contribution in [2.75, 3.05) is 11.1 Å². The predicted octanol–water partition coefficient (Wildman–Crippen LogP) is 4.92. The fraction of sp³-hybridized carbons (Fsp3) is 0.0800. The summed E-state index contributed by atoms with van der Waals surface area (Å²) in [5.41, 5.74) is 6.47. The van der Waals surface area contributed by atoms with Crippen molar-refractivity contribution in [2.24, 2.45) is 0 Å². The first kappa shape index (κ1) is 23.7. The molecule has 12 heteroatoms. The van der Waals surface area contributed by atoms with Crippen LogP contribution in [0, 0.1) is 0 Å². The molecule has 5 aromatic rings. The minimum atomic E-state index is -4.53. The molecule has 186 valence electrons. The Balaban J connectivity index is 1.41. The van der Waals surface area contributed by atoms with Gasteiger partial charge in [0.1, 0.15) is 30.1 Å². The Kier molecular flexibility index (Phi) is 6.14. The highest BCUT2D eigenvalue weighted by atomic mass is 19.4. The first-order valence-corrected chi connectivity index (χ1v) is 10.9. The van der Waals surface area contributed by atoms with Gasteiger partial charge >= 0.3 is 6.18 Å². The van der Waals surface area contributed by atoms with Crippen LogP contribution in [-0.4, -0.2) is 30.6 Å². The van der Waals surface area contributed by atoms with Crippen molar-refractivity contribution < 1.29 is 22.7 Å². The number of hydrogen-bond acceptors (Lipinski definition) is 7. The van der Waals surface area contributed by atoms with Crippen molar-refractivity contribution >= 4 is 28.4 Å². The molecule has 37 heavy (non-hydrogen) atoms. The number of hydrogen-bond donors (Lipinski definition) is 2. The van der Waals surface area contributed by atoms with Gasteiger partial charge in [-0.25, -0.2) is 19.6 Å². The molecule has 0 aliphatic rings. The number of carbonyl (C=O) groups is 1. The van der Waals surface area contributed by atoms with E-state index in [-0.39, 0.29) is 23.7 Å². The van der Waals surface area contributed by atoms with Gasteiger partial charge in [0, 0.05) is 23.5 Å². The smallest absolute Gasteiger partial charge is 0.416 e. The summed E-state index contributed by atoms with van der Waals surface area (Å²) >= 11 is 0. The third-order valence-electron chi connectivity index (χ3n) is 5.30. The minimum absolute atomic E-state index is 0.00357. The number of alkyl halides is 3. The van der Waals surface area contributed by atoms with E-state index in [9.17, 15) is 18.0 Å². The van der Waals surface area contributed by atoms with Crippen LogP contribution in [0.5, 0.6) is 11.6 Å². The second-order valence-corrected chi connectivity index (χ2v) is 7.89. The molecule has 0 aliphatic heterocycles. The molecule has 3 aromatic heterocycles. The van der Waals surface area contributed by atoms with Crippen LogP contribution in [-0.2, 0) is 17.5 Å². The molecule has 1 amide bonds. The van der Waals surface area contributed by atoms with Crippen LogP contribution in [0.1, 0.15) is 5.56 Å². The van der Waals surface area contributed by atoms with Crippen molar-refractivity contribution in [3.63, 3.8) is 0 Å². The molecule has 0 fully saturated rings. The van der Waals surface area contributed by atoms with Gasteiger partial charge in [-0.1, -0.05) is 24.3 Å². The molecule has 5 rings (SSSR count). The first-order valence-electron chi connectivity index (χ1n) is 10.9. The largest absolute Gasteiger partial charge is 0.439 e. The van der Waals surface area contributed by atoms with Gasteiger partial charge in [0.2, 0.25) is 11.8 Å². The molecule has 3 N–H and O–H groups in total. The zero-order valence-electron chi connectivity index (χ0n) is 19.0. The molecule has 2 aromatic carbocycles. The number of pyridine rings is 1. The van der Waals surface area contributed by atoms with E-state index < -0.39 is 17.6 Å². The summed E-state index contributed by atoms with van der Waals surface area (Å²) in [5, 5.41) is 7.35. The maximum Gasteiger partial charge on any atom is 0.416 e. The van der Waals surface area contributed by atoms with Crippen molar-refractivity contribution in [1.29, 1.82) is 0 Å². The maximum absolute atomic E-state index is 13.0. The number of ether oxygens (including phenoxy) is 1. The Morgan fingerprint density at radius 1 is 1.00 bits per heavy atom. The highest BCUT2D eigenvalue weighted by Gasteiger charge is 2.30. The Labute approximate surface area is 207 Å². The van der Waals surface area contributed by atoms with Crippen LogP contribution in [0.15, 0.2) is 79.3 Å². The van der Waals surface area contributed by atoms with E-state index in [0.29, 0.717) is 28.3 Å². The van der Waals surface area contributed by atoms with Crippen molar-refractivity contribution in [2.45, 2.75) is 12.7 Å². The summed E-state index contributed by atoms with van der Waals surface area (Å²) in [6, 6.07) is 16.9. The van der Waals surface area contributed by atoms with Gasteiger partial charge in [-0.05, 0) is 36.4 Å². The third-order valence-corrected chi connectivity index (χ3v) is 5.30. The van der Waals surface area contributed by atoms with Crippen molar-refractivity contribution in [1.82, 2.24) is 24.7 Å². The number of aromatic nitrogens is 5. The average Bonchev–Trinajstić information content (AvgIpc) is 3.24. The Hall–Kier alpha value is -5.00. The first-order chi connectivity index (χ1) is 17.8. The second-order valence-electron chi connectivity index (χ2n) is 7.89. The van der Waals surface area contributed by atoms with Gasteiger partial charge in [-0.2, -0.15) is 18.3 Å². The van der Waals surface area contributed by atoms with E-state index in [1.54, 1.807) is 30.5 Å². The fourth-order valence-electron chi connectivity index (χ4n) is 3.64. The number of fused-ring (bicyclic) bond motifs is 1. The molecule has 0 bridgehead atoms. The summed E-state index contributed by atoms with van der Waals surface area (Å²) in [6.45, 7) is -0.328. The predicted molar refractivity (Wildman–Crippen MR) is 130 cm³/mol. The monoisotopic (exact) mass is 505 g/mol. The topological polar surface area (TPSA) is 121 Å². The molecule has 0 radical (unpaired) electrons. The number of nitrogens with zero attached hydrogens (tertiary/aromatic N) is 5. The van der Waals surface area contributed by atoms with Gasteiger partial charge in [0.05, 0.1) is 10.9 Å². The number of nitrogens with two attached hydrogens (primary N) is 1. The second kappa shape index (κ2) is 9.57. The van der Waals surface area contributed by atoms with Gasteiger partial charge in [0.15, 0.2) is 5.65 Å². The van der Waals surface area contributed by atoms with Crippen LogP contribution in [0.3, 0.4) is 0 Å². The molecule has 0 aliphatic carbocycles. The molecule has 0 saturated carbocycles. The summed E-state index contributed by atoms with van der Waals surface area (Å²) < 4.78 is 46.0. The highest BCUT2D eigenvalue weighted by molar-refractivity contribution is 5.99. The zero-order valence-corrected chi connectivity index (χ0v) is 19.0. The molecular weight excluding hydrogens is 487 g/mol. The van der Waals surface area contributed by atoms with Gasteiger partial charge < -0.3 is 15.8 Å². The number of benzene rings is 2. The lowest BCUT2D eigenvalue weighted by molar-refractivity contribution is -0.137. The molecule has 0 spiro atoms. The van der Waals surface area contributed by atoms with E-state index in [0.717, 1.165) is 12.1 Å². The van der Waals surface area contributed by atoms with Gasteiger partial charge in [-0.3, -0.25) is 4.79 Å². The molecule has 0 atom stereocenters. The fourth-order valence-corrected chi connectivity index (χ4v) is 3.64. The molecule has 0 saturated heterocycles.